The maximum atomic E-state index is 11.9. The second kappa shape index (κ2) is 8.23. The van der Waals surface area contributed by atoms with E-state index < -0.39 is 0 Å². The minimum atomic E-state index is -0.258. The van der Waals surface area contributed by atoms with Gasteiger partial charge in [-0.05, 0) is 26.0 Å². The normalized spacial score (nSPS) is 12.5. The Morgan fingerprint density at radius 1 is 1.32 bits per heavy atom. The van der Waals surface area contributed by atoms with Crippen LogP contribution in [0.15, 0.2) is 29.2 Å². The number of esters is 1. The molecular weight excluding hydrogens is 258 g/mol. The first kappa shape index (κ1) is 16.1. The fourth-order valence-electron chi connectivity index (χ4n) is 1.64. The highest BCUT2D eigenvalue weighted by molar-refractivity contribution is 7.99. The smallest absolute Gasteiger partial charge is 0.324 e. The van der Waals surface area contributed by atoms with Gasteiger partial charge in [0.2, 0.25) is 0 Å². The van der Waals surface area contributed by atoms with Crippen molar-refractivity contribution in [2.75, 3.05) is 12.4 Å². The van der Waals surface area contributed by atoms with Crippen LogP contribution in [0.25, 0.3) is 0 Å². The van der Waals surface area contributed by atoms with Crippen LogP contribution >= 0.6 is 11.8 Å². The molecule has 0 aliphatic heterocycles. The quantitative estimate of drug-likeness (QED) is 0.616. The number of aryl methyl sites for hydroxylation is 1. The third kappa shape index (κ3) is 6.12. The Morgan fingerprint density at radius 3 is 2.47 bits per heavy atom. The molecule has 1 aromatic carbocycles. The van der Waals surface area contributed by atoms with Crippen molar-refractivity contribution in [2.45, 2.75) is 44.7 Å². The summed E-state index contributed by atoms with van der Waals surface area (Å²) < 4.78 is 5.10. The van der Waals surface area contributed by atoms with Gasteiger partial charge in [-0.2, -0.15) is 0 Å². The Bertz CT molecular complexity index is 390. The summed E-state index contributed by atoms with van der Waals surface area (Å²) in [5.74, 6) is 0.510. The van der Waals surface area contributed by atoms with Crippen molar-refractivity contribution in [3.8, 4) is 0 Å². The van der Waals surface area contributed by atoms with Gasteiger partial charge in [-0.25, -0.2) is 0 Å². The van der Waals surface area contributed by atoms with Crippen LogP contribution in [0.4, 0.5) is 0 Å². The van der Waals surface area contributed by atoms with Crippen molar-refractivity contribution >= 4 is 17.7 Å². The second-order valence-corrected chi connectivity index (χ2v) is 5.84. The van der Waals surface area contributed by atoms with Crippen LogP contribution in [0, 0.1) is 6.92 Å². The number of rotatable bonds is 7. The highest BCUT2D eigenvalue weighted by Gasteiger charge is 2.20. The molecule has 0 amide bonds. The molecule has 1 rings (SSSR count). The van der Waals surface area contributed by atoms with Crippen molar-refractivity contribution < 1.29 is 9.53 Å². The molecule has 0 saturated heterocycles. The lowest BCUT2D eigenvalue weighted by Crippen LogP contribution is -2.43. The number of benzene rings is 1. The van der Waals surface area contributed by atoms with Crippen molar-refractivity contribution in [3.05, 3.63) is 29.8 Å². The van der Waals surface area contributed by atoms with E-state index in [2.05, 4.69) is 36.5 Å². The zero-order valence-electron chi connectivity index (χ0n) is 12.1. The second-order valence-electron chi connectivity index (χ2n) is 4.75. The molecule has 0 bridgehead atoms. The lowest BCUT2D eigenvalue weighted by atomic mass is 10.2. The Hall–Kier alpha value is -1.00. The van der Waals surface area contributed by atoms with Gasteiger partial charge in [0.05, 0.1) is 6.61 Å². The van der Waals surface area contributed by atoms with E-state index in [1.165, 1.54) is 10.5 Å². The zero-order chi connectivity index (χ0) is 14.3. The van der Waals surface area contributed by atoms with Crippen LogP contribution in [0.5, 0.6) is 0 Å². The molecule has 1 N–H and O–H groups in total. The summed E-state index contributed by atoms with van der Waals surface area (Å²) in [7, 11) is 0. The molecule has 0 aromatic heterocycles. The highest BCUT2D eigenvalue weighted by atomic mass is 32.2. The van der Waals surface area contributed by atoms with Crippen molar-refractivity contribution in [3.63, 3.8) is 0 Å². The monoisotopic (exact) mass is 281 g/mol. The Morgan fingerprint density at radius 2 is 1.95 bits per heavy atom. The number of hydrogen-bond acceptors (Lipinski definition) is 4. The predicted octanol–water partition coefficient (Wildman–Crippen LogP) is 3.02. The number of ether oxygens (including phenoxy) is 1. The summed E-state index contributed by atoms with van der Waals surface area (Å²) in [5.41, 5.74) is 1.24. The molecule has 1 aromatic rings. The number of nitrogens with one attached hydrogen (secondary N) is 1. The average Bonchev–Trinajstić information content (AvgIpc) is 2.36. The molecule has 0 fully saturated rings. The zero-order valence-corrected chi connectivity index (χ0v) is 12.9. The summed E-state index contributed by atoms with van der Waals surface area (Å²) in [6.45, 7) is 8.38. The van der Waals surface area contributed by atoms with Crippen molar-refractivity contribution in [1.29, 1.82) is 0 Å². The standard InChI is InChI=1S/C15H23NO2S/c1-5-18-15(17)14(16-11(2)3)10-19-13-8-6-12(4)7-9-13/h6-9,11,14,16H,5,10H2,1-4H3. The minimum absolute atomic E-state index is 0.171. The molecule has 106 valence electrons. The average molecular weight is 281 g/mol. The Balaban J connectivity index is 2.56. The van der Waals surface area contributed by atoms with Gasteiger partial charge < -0.3 is 10.1 Å². The van der Waals surface area contributed by atoms with Crippen LogP contribution < -0.4 is 5.32 Å². The van der Waals surface area contributed by atoms with Gasteiger partial charge in [0.15, 0.2) is 0 Å². The molecule has 0 aliphatic rings. The molecule has 3 nitrogen and oxygen atoms in total. The first-order valence-corrected chi connectivity index (χ1v) is 7.63. The van der Waals surface area contributed by atoms with Gasteiger partial charge in [0, 0.05) is 16.7 Å². The van der Waals surface area contributed by atoms with E-state index in [0.717, 1.165) is 0 Å². The molecule has 1 unspecified atom stereocenters. The van der Waals surface area contributed by atoms with Crippen LogP contribution in [0.3, 0.4) is 0 Å². The van der Waals surface area contributed by atoms with E-state index >= 15 is 0 Å². The number of hydrogen-bond donors (Lipinski definition) is 1. The van der Waals surface area contributed by atoms with Gasteiger partial charge in [-0.3, -0.25) is 4.79 Å². The number of thioether (sulfide) groups is 1. The topological polar surface area (TPSA) is 38.3 Å². The molecule has 19 heavy (non-hydrogen) atoms. The van der Waals surface area contributed by atoms with Crippen LogP contribution in [0.1, 0.15) is 26.3 Å². The highest BCUT2D eigenvalue weighted by Crippen LogP contribution is 2.19. The fraction of sp³-hybridized carbons (Fsp3) is 0.533. The Kier molecular flexibility index (Phi) is 6.95. The Labute approximate surface area is 120 Å². The summed E-state index contributed by atoms with van der Waals surface area (Å²) in [6, 6.07) is 8.32. The third-order valence-electron chi connectivity index (χ3n) is 2.54. The van der Waals surface area contributed by atoms with Gasteiger partial charge in [-0.1, -0.05) is 31.5 Å². The van der Waals surface area contributed by atoms with Gasteiger partial charge in [-0.15, -0.1) is 11.8 Å². The lowest BCUT2D eigenvalue weighted by molar-refractivity contribution is -0.145. The largest absolute Gasteiger partial charge is 0.465 e. The number of carbonyl (C=O) groups is 1. The minimum Gasteiger partial charge on any atom is -0.465 e. The molecule has 0 aliphatic carbocycles. The van der Waals surface area contributed by atoms with Gasteiger partial charge >= 0.3 is 5.97 Å². The maximum Gasteiger partial charge on any atom is 0.324 e. The number of carbonyl (C=O) groups excluding carboxylic acids is 1. The molecule has 0 radical (unpaired) electrons. The predicted molar refractivity (Wildman–Crippen MR) is 80.6 cm³/mol. The first-order chi connectivity index (χ1) is 9.02. The van der Waals surface area contributed by atoms with Crippen LogP contribution in [-0.4, -0.2) is 30.4 Å². The summed E-state index contributed by atoms with van der Waals surface area (Å²) in [4.78, 5) is 13.0. The fourth-order valence-corrected chi connectivity index (χ4v) is 2.56. The SMILES string of the molecule is CCOC(=O)C(CSc1ccc(C)cc1)NC(C)C. The van der Waals surface area contributed by atoms with E-state index in [1.54, 1.807) is 11.8 Å². The van der Waals surface area contributed by atoms with E-state index in [0.29, 0.717) is 12.4 Å². The molecule has 0 spiro atoms. The van der Waals surface area contributed by atoms with Crippen molar-refractivity contribution in [1.82, 2.24) is 5.32 Å². The third-order valence-corrected chi connectivity index (χ3v) is 3.65. The van der Waals surface area contributed by atoms with E-state index in [1.807, 2.05) is 20.8 Å². The molecular formula is C15H23NO2S. The van der Waals surface area contributed by atoms with E-state index in [9.17, 15) is 4.79 Å². The van der Waals surface area contributed by atoms with Crippen molar-refractivity contribution in [2.24, 2.45) is 0 Å². The molecule has 4 heteroatoms. The molecule has 0 heterocycles. The lowest BCUT2D eigenvalue weighted by Gasteiger charge is -2.19. The first-order valence-electron chi connectivity index (χ1n) is 6.65. The van der Waals surface area contributed by atoms with Gasteiger partial charge in [0.25, 0.3) is 0 Å². The van der Waals surface area contributed by atoms with Crippen LogP contribution in [-0.2, 0) is 9.53 Å². The molecule has 1 atom stereocenters. The van der Waals surface area contributed by atoms with E-state index in [4.69, 9.17) is 4.74 Å². The van der Waals surface area contributed by atoms with E-state index in [-0.39, 0.29) is 18.1 Å². The van der Waals surface area contributed by atoms with Gasteiger partial charge in [0.1, 0.15) is 6.04 Å². The molecule has 0 saturated carbocycles. The summed E-state index contributed by atoms with van der Waals surface area (Å²) in [5, 5.41) is 3.25. The summed E-state index contributed by atoms with van der Waals surface area (Å²) in [6.07, 6.45) is 0. The maximum absolute atomic E-state index is 11.9. The summed E-state index contributed by atoms with van der Waals surface area (Å²) >= 11 is 1.67. The van der Waals surface area contributed by atoms with Crippen LogP contribution in [0.2, 0.25) is 0 Å².